The van der Waals surface area contributed by atoms with E-state index in [0.29, 0.717) is 22.8 Å². The van der Waals surface area contributed by atoms with Gasteiger partial charge in [-0.05, 0) is 48.1 Å². The Balaban J connectivity index is 1.75. The average Bonchev–Trinajstić information content (AvgIpc) is 3.17. The highest BCUT2D eigenvalue weighted by atomic mass is 32.1. The van der Waals surface area contributed by atoms with Gasteiger partial charge in [0.1, 0.15) is 17.9 Å². The van der Waals surface area contributed by atoms with Gasteiger partial charge in [0.25, 0.3) is 11.8 Å². The Morgan fingerprint density at radius 3 is 2.48 bits per heavy atom. The van der Waals surface area contributed by atoms with E-state index in [4.69, 9.17) is 26.1 Å². The number of thiocarbonyl (C=S) groups is 1. The zero-order chi connectivity index (χ0) is 21.0. The second-order valence-electron chi connectivity index (χ2n) is 5.75. The van der Waals surface area contributed by atoms with Crippen LogP contribution in [0, 0.1) is 0 Å². The molecule has 1 aliphatic rings. The average molecular weight is 416 g/mol. The topological polar surface area (TPSA) is 116 Å². The number of hydrogen-bond acceptors (Lipinski definition) is 8. The molecule has 1 aliphatic heterocycles. The molecule has 2 aromatic rings. The summed E-state index contributed by atoms with van der Waals surface area (Å²) in [6, 6.07) is 7.97. The van der Waals surface area contributed by atoms with E-state index in [9.17, 15) is 14.4 Å². The normalized spacial score (nSPS) is 13.4. The Labute approximate surface area is 170 Å². The summed E-state index contributed by atoms with van der Waals surface area (Å²) >= 11 is 4.77. The van der Waals surface area contributed by atoms with Gasteiger partial charge in [-0.25, -0.2) is 4.79 Å². The summed E-state index contributed by atoms with van der Waals surface area (Å²) in [6.45, 7) is 0.0516. The summed E-state index contributed by atoms with van der Waals surface area (Å²) in [5.41, 5.74) is 0.466. The molecule has 9 nitrogen and oxygen atoms in total. The molecule has 0 radical (unpaired) electrons. The van der Waals surface area contributed by atoms with Crippen molar-refractivity contribution in [1.29, 1.82) is 0 Å². The molecule has 1 fully saturated rings. The van der Waals surface area contributed by atoms with Crippen molar-refractivity contribution in [2.45, 2.75) is 6.61 Å². The van der Waals surface area contributed by atoms with Crippen LogP contribution >= 0.6 is 12.2 Å². The first-order chi connectivity index (χ1) is 13.9. The highest BCUT2D eigenvalue weighted by Gasteiger charge is 2.25. The maximum atomic E-state index is 11.9. The number of methoxy groups -OCH3 is 2. The van der Waals surface area contributed by atoms with Crippen molar-refractivity contribution in [3.05, 3.63) is 53.0 Å². The van der Waals surface area contributed by atoms with Crippen LogP contribution in [0.3, 0.4) is 0 Å². The first kappa shape index (κ1) is 20.1. The molecular formula is C19H16N2O7S. The quantitative estimate of drug-likeness (QED) is 0.316. The minimum absolute atomic E-state index is 0.0354. The lowest BCUT2D eigenvalue weighted by atomic mass is 10.1. The first-order valence-corrected chi connectivity index (χ1v) is 8.68. The summed E-state index contributed by atoms with van der Waals surface area (Å²) < 4.78 is 20.9. The van der Waals surface area contributed by atoms with E-state index in [0.717, 1.165) is 0 Å². The number of rotatable bonds is 6. The second kappa shape index (κ2) is 8.57. The summed E-state index contributed by atoms with van der Waals surface area (Å²) in [4.78, 5) is 35.3. The van der Waals surface area contributed by atoms with Crippen LogP contribution in [-0.4, -0.2) is 37.1 Å². The van der Waals surface area contributed by atoms with Gasteiger partial charge < -0.3 is 18.6 Å². The number of furan rings is 1. The van der Waals surface area contributed by atoms with Crippen LogP contribution in [-0.2, 0) is 20.9 Å². The van der Waals surface area contributed by atoms with E-state index in [1.54, 1.807) is 24.3 Å². The van der Waals surface area contributed by atoms with Gasteiger partial charge in [-0.15, -0.1) is 0 Å². The molecule has 0 spiro atoms. The third-order valence-electron chi connectivity index (χ3n) is 3.86. The van der Waals surface area contributed by atoms with Crippen molar-refractivity contribution in [3.63, 3.8) is 0 Å². The van der Waals surface area contributed by atoms with Crippen LogP contribution in [0.1, 0.15) is 21.9 Å². The number of carbonyl (C=O) groups excluding carboxylic acids is 3. The van der Waals surface area contributed by atoms with Gasteiger partial charge in [-0.1, -0.05) is 6.07 Å². The van der Waals surface area contributed by atoms with Crippen molar-refractivity contribution in [1.82, 2.24) is 10.6 Å². The SMILES string of the molecule is COC(=O)c1ccc(COc2ccc(C=C3C(=O)NC(=S)NC3=O)cc2OC)o1. The standard InChI is InChI=1S/C19H16N2O7S/c1-25-15-8-10(7-12-16(22)20-19(29)21-17(12)23)3-5-13(15)27-9-11-4-6-14(28-11)18(24)26-2/h3-8H,9H2,1-2H3,(H2,20,21,22,23,29). The van der Waals surface area contributed by atoms with Gasteiger partial charge in [-0.2, -0.15) is 0 Å². The van der Waals surface area contributed by atoms with E-state index in [1.807, 2.05) is 0 Å². The molecular weight excluding hydrogens is 400 g/mol. The molecule has 1 aromatic heterocycles. The lowest BCUT2D eigenvalue weighted by molar-refractivity contribution is -0.123. The number of amides is 2. The van der Waals surface area contributed by atoms with E-state index in [1.165, 1.54) is 26.4 Å². The van der Waals surface area contributed by atoms with Gasteiger partial charge in [0.05, 0.1) is 14.2 Å². The van der Waals surface area contributed by atoms with Crippen molar-refractivity contribution in [2.24, 2.45) is 0 Å². The number of ether oxygens (including phenoxy) is 3. The zero-order valence-electron chi connectivity index (χ0n) is 15.4. The van der Waals surface area contributed by atoms with Crippen LogP contribution < -0.4 is 20.1 Å². The van der Waals surface area contributed by atoms with Crippen LogP contribution in [0.4, 0.5) is 0 Å². The molecule has 2 N–H and O–H groups in total. The predicted molar refractivity (Wildman–Crippen MR) is 104 cm³/mol. The summed E-state index contributed by atoms with van der Waals surface area (Å²) in [5, 5.41) is 4.70. The molecule has 1 saturated heterocycles. The van der Waals surface area contributed by atoms with Gasteiger partial charge in [0.15, 0.2) is 16.6 Å². The number of esters is 1. The Morgan fingerprint density at radius 1 is 1.10 bits per heavy atom. The number of nitrogens with one attached hydrogen (secondary N) is 2. The second-order valence-corrected chi connectivity index (χ2v) is 6.16. The predicted octanol–water partition coefficient (Wildman–Crippen LogP) is 1.57. The zero-order valence-corrected chi connectivity index (χ0v) is 16.3. The summed E-state index contributed by atoms with van der Waals surface area (Å²) in [7, 11) is 2.72. The van der Waals surface area contributed by atoms with Gasteiger partial charge in [0, 0.05) is 0 Å². The van der Waals surface area contributed by atoms with Crippen LogP contribution in [0.5, 0.6) is 11.5 Å². The minimum Gasteiger partial charge on any atom is -0.493 e. The molecule has 10 heteroatoms. The third kappa shape index (κ3) is 4.61. The number of benzene rings is 1. The minimum atomic E-state index is -0.586. The molecule has 2 heterocycles. The third-order valence-corrected chi connectivity index (χ3v) is 4.06. The molecule has 0 aliphatic carbocycles. The molecule has 1 aromatic carbocycles. The summed E-state index contributed by atoms with van der Waals surface area (Å²) in [5.74, 6) is -0.471. The molecule has 29 heavy (non-hydrogen) atoms. The summed E-state index contributed by atoms with van der Waals surface area (Å²) in [6.07, 6.45) is 1.41. The monoisotopic (exact) mass is 416 g/mol. The largest absolute Gasteiger partial charge is 0.493 e. The Morgan fingerprint density at radius 2 is 1.83 bits per heavy atom. The lowest BCUT2D eigenvalue weighted by Crippen LogP contribution is -2.51. The number of carbonyl (C=O) groups is 3. The van der Waals surface area contributed by atoms with Crippen molar-refractivity contribution in [2.75, 3.05) is 14.2 Å². The molecule has 3 rings (SSSR count). The highest BCUT2D eigenvalue weighted by molar-refractivity contribution is 7.80. The lowest BCUT2D eigenvalue weighted by Gasteiger charge is -2.16. The smallest absolute Gasteiger partial charge is 0.373 e. The van der Waals surface area contributed by atoms with Gasteiger partial charge >= 0.3 is 5.97 Å². The Bertz CT molecular complexity index is 1000. The van der Waals surface area contributed by atoms with Crippen molar-refractivity contribution < 1.29 is 33.0 Å². The fraction of sp³-hybridized carbons (Fsp3) is 0.158. The highest BCUT2D eigenvalue weighted by Crippen LogP contribution is 2.30. The van der Waals surface area contributed by atoms with Gasteiger partial charge in [0.2, 0.25) is 5.76 Å². The molecule has 0 saturated carbocycles. The molecule has 0 unspecified atom stereocenters. The maximum absolute atomic E-state index is 11.9. The fourth-order valence-corrected chi connectivity index (χ4v) is 2.67. The molecule has 2 amide bonds. The van der Waals surface area contributed by atoms with Crippen LogP contribution in [0.25, 0.3) is 6.08 Å². The Hall–Kier alpha value is -3.66. The fourth-order valence-electron chi connectivity index (χ4n) is 2.48. The molecule has 150 valence electrons. The van der Waals surface area contributed by atoms with E-state index in [2.05, 4.69) is 15.4 Å². The number of hydrogen-bond donors (Lipinski definition) is 2. The maximum Gasteiger partial charge on any atom is 0.373 e. The van der Waals surface area contributed by atoms with E-state index < -0.39 is 17.8 Å². The van der Waals surface area contributed by atoms with E-state index >= 15 is 0 Å². The van der Waals surface area contributed by atoms with Crippen molar-refractivity contribution >= 4 is 41.2 Å². The van der Waals surface area contributed by atoms with Crippen molar-refractivity contribution in [3.8, 4) is 11.5 Å². The van der Waals surface area contributed by atoms with E-state index in [-0.39, 0.29) is 23.1 Å². The molecule has 0 atom stereocenters. The molecule has 0 bridgehead atoms. The van der Waals surface area contributed by atoms with Crippen LogP contribution in [0.2, 0.25) is 0 Å². The van der Waals surface area contributed by atoms with Crippen LogP contribution in [0.15, 0.2) is 40.3 Å². The van der Waals surface area contributed by atoms with Gasteiger partial charge in [-0.3, -0.25) is 20.2 Å². The first-order valence-electron chi connectivity index (χ1n) is 8.27. The Kier molecular flexibility index (Phi) is 5.93.